The largest absolute Gasteiger partial charge is 0.306 e. The van der Waals surface area contributed by atoms with Crippen LogP contribution < -0.4 is 5.32 Å². The summed E-state index contributed by atoms with van der Waals surface area (Å²) in [4.78, 5) is 0. The lowest BCUT2D eigenvalue weighted by atomic mass is 9.94. The van der Waals surface area contributed by atoms with Gasteiger partial charge in [-0.3, -0.25) is 4.68 Å². The molecule has 2 rings (SSSR count). The van der Waals surface area contributed by atoms with Crippen molar-refractivity contribution < 1.29 is 0 Å². The van der Waals surface area contributed by atoms with Crippen LogP contribution in [0.25, 0.3) is 0 Å². The zero-order valence-electron chi connectivity index (χ0n) is 13.9. The van der Waals surface area contributed by atoms with Crippen LogP contribution in [0.5, 0.6) is 0 Å². The zero-order valence-corrected chi connectivity index (χ0v) is 13.9. The molecule has 0 aliphatic heterocycles. The number of hydrogen-bond acceptors (Lipinski definition) is 2. The third-order valence-electron chi connectivity index (χ3n) is 4.04. The van der Waals surface area contributed by atoms with Crippen molar-refractivity contribution >= 4 is 0 Å². The van der Waals surface area contributed by atoms with Crippen LogP contribution in [0.3, 0.4) is 0 Å². The van der Waals surface area contributed by atoms with Crippen LogP contribution in [0.15, 0.2) is 30.5 Å². The van der Waals surface area contributed by atoms with Gasteiger partial charge in [-0.1, -0.05) is 45.0 Å². The first-order valence-corrected chi connectivity index (χ1v) is 7.82. The van der Waals surface area contributed by atoms with Gasteiger partial charge >= 0.3 is 0 Å². The lowest BCUT2D eigenvalue weighted by molar-refractivity contribution is 0.410. The van der Waals surface area contributed by atoms with Gasteiger partial charge in [0.15, 0.2) is 0 Å². The Labute approximate surface area is 128 Å². The molecule has 0 bridgehead atoms. The summed E-state index contributed by atoms with van der Waals surface area (Å²) in [5, 5.41) is 8.10. The summed E-state index contributed by atoms with van der Waals surface area (Å²) < 4.78 is 1.88. The fraction of sp³-hybridized carbons (Fsp3) is 0.500. The van der Waals surface area contributed by atoms with Crippen LogP contribution in [0.2, 0.25) is 0 Å². The van der Waals surface area contributed by atoms with Gasteiger partial charge in [-0.15, -0.1) is 0 Å². The zero-order chi connectivity index (χ0) is 15.4. The molecule has 0 saturated carbocycles. The molecule has 2 aromatic rings. The molecule has 1 heterocycles. The minimum absolute atomic E-state index is 0.371. The highest BCUT2D eigenvalue weighted by Gasteiger charge is 2.16. The summed E-state index contributed by atoms with van der Waals surface area (Å²) in [5.41, 5.74) is 5.13. The molecular weight excluding hydrogens is 258 g/mol. The highest BCUT2D eigenvalue weighted by Crippen LogP contribution is 2.23. The van der Waals surface area contributed by atoms with Crippen molar-refractivity contribution in [2.45, 2.75) is 46.7 Å². The predicted octanol–water partition coefficient (Wildman–Crippen LogP) is 3.78. The molecule has 1 aromatic carbocycles. The van der Waals surface area contributed by atoms with Gasteiger partial charge in [-0.2, -0.15) is 5.10 Å². The maximum atomic E-state index is 4.41. The molecule has 3 nitrogen and oxygen atoms in total. The smallest absolute Gasteiger partial charge is 0.0638 e. The van der Waals surface area contributed by atoms with Gasteiger partial charge in [0.1, 0.15) is 0 Å². The van der Waals surface area contributed by atoms with Gasteiger partial charge in [-0.25, -0.2) is 0 Å². The van der Waals surface area contributed by atoms with E-state index in [0.29, 0.717) is 12.0 Å². The van der Waals surface area contributed by atoms with E-state index in [-0.39, 0.29) is 0 Å². The van der Waals surface area contributed by atoms with E-state index < -0.39 is 0 Å². The molecule has 1 atom stereocenters. The Bertz CT molecular complexity index is 567. The summed E-state index contributed by atoms with van der Waals surface area (Å²) in [7, 11) is 1.97. The number of benzene rings is 1. The molecule has 0 radical (unpaired) electrons. The third kappa shape index (κ3) is 3.94. The molecule has 0 amide bonds. The molecule has 0 fully saturated rings. The van der Waals surface area contributed by atoms with Gasteiger partial charge in [-0.05, 0) is 30.4 Å². The number of hydrogen-bond donors (Lipinski definition) is 1. The highest BCUT2D eigenvalue weighted by atomic mass is 15.2. The van der Waals surface area contributed by atoms with E-state index in [9.17, 15) is 0 Å². The average Bonchev–Trinajstić information content (AvgIpc) is 2.77. The quantitative estimate of drug-likeness (QED) is 0.875. The molecule has 0 aliphatic carbocycles. The molecule has 1 N–H and O–H groups in total. The van der Waals surface area contributed by atoms with E-state index in [1.807, 2.05) is 11.7 Å². The summed E-state index contributed by atoms with van der Waals surface area (Å²) >= 11 is 0. The van der Waals surface area contributed by atoms with Crippen molar-refractivity contribution in [2.24, 2.45) is 13.0 Å². The standard InChI is InChI=1S/C18H27N3/c1-6-15-7-9-16(10-8-15)18(13(2)3)19-11-17-12-21(5)20-14(17)4/h7-10,12-13,18-19H,6,11H2,1-5H3. The Hall–Kier alpha value is -1.61. The first-order valence-electron chi connectivity index (χ1n) is 7.82. The second-order valence-corrected chi connectivity index (χ2v) is 6.11. The maximum Gasteiger partial charge on any atom is 0.0638 e. The predicted molar refractivity (Wildman–Crippen MR) is 88.2 cm³/mol. The normalized spacial score (nSPS) is 12.9. The Kier molecular flexibility index (Phi) is 5.18. The Balaban J connectivity index is 2.10. The van der Waals surface area contributed by atoms with Crippen molar-refractivity contribution in [1.82, 2.24) is 15.1 Å². The number of rotatable bonds is 6. The van der Waals surface area contributed by atoms with Crippen LogP contribution in [-0.2, 0) is 20.0 Å². The van der Waals surface area contributed by atoms with E-state index >= 15 is 0 Å². The molecule has 0 spiro atoms. The highest BCUT2D eigenvalue weighted by molar-refractivity contribution is 5.26. The molecule has 3 heteroatoms. The van der Waals surface area contributed by atoms with Crippen molar-refractivity contribution in [1.29, 1.82) is 0 Å². The molecule has 21 heavy (non-hydrogen) atoms. The Morgan fingerprint density at radius 1 is 1.19 bits per heavy atom. The SMILES string of the molecule is CCc1ccc(C(NCc2cn(C)nc2C)C(C)C)cc1. The summed E-state index contributed by atoms with van der Waals surface area (Å²) in [6, 6.07) is 9.36. The number of nitrogens with one attached hydrogen (secondary N) is 1. The minimum atomic E-state index is 0.371. The second-order valence-electron chi connectivity index (χ2n) is 6.11. The van der Waals surface area contributed by atoms with Gasteiger partial charge in [0, 0.05) is 31.4 Å². The van der Waals surface area contributed by atoms with Gasteiger partial charge in [0.2, 0.25) is 0 Å². The molecule has 0 saturated heterocycles. The van der Waals surface area contributed by atoms with E-state index in [1.165, 1.54) is 16.7 Å². The van der Waals surface area contributed by atoms with Gasteiger partial charge in [0.25, 0.3) is 0 Å². The monoisotopic (exact) mass is 285 g/mol. The average molecular weight is 285 g/mol. The van der Waals surface area contributed by atoms with Crippen LogP contribution in [0, 0.1) is 12.8 Å². The van der Waals surface area contributed by atoms with Crippen molar-refractivity contribution in [3.8, 4) is 0 Å². The molecule has 114 valence electrons. The number of aryl methyl sites for hydroxylation is 3. The molecular formula is C18H27N3. The first kappa shape index (κ1) is 15.8. The third-order valence-corrected chi connectivity index (χ3v) is 4.04. The van der Waals surface area contributed by atoms with Crippen molar-refractivity contribution in [3.05, 3.63) is 52.8 Å². The Morgan fingerprint density at radius 3 is 2.33 bits per heavy atom. The van der Waals surface area contributed by atoms with E-state index in [2.05, 4.69) is 68.6 Å². The molecule has 0 aliphatic rings. The van der Waals surface area contributed by atoms with E-state index in [0.717, 1.165) is 18.7 Å². The summed E-state index contributed by atoms with van der Waals surface area (Å²) in [5.74, 6) is 0.550. The fourth-order valence-corrected chi connectivity index (χ4v) is 2.74. The fourth-order valence-electron chi connectivity index (χ4n) is 2.74. The number of aromatic nitrogens is 2. The minimum Gasteiger partial charge on any atom is -0.306 e. The molecule has 1 aromatic heterocycles. The van der Waals surface area contributed by atoms with E-state index in [4.69, 9.17) is 0 Å². The molecule has 1 unspecified atom stereocenters. The van der Waals surface area contributed by atoms with Crippen LogP contribution in [0.4, 0.5) is 0 Å². The summed E-state index contributed by atoms with van der Waals surface area (Å²) in [6.45, 7) is 9.65. The maximum absolute atomic E-state index is 4.41. The number of nitrogens with zero attached hydrogens (tertiary/aromatic N) is 2. The topological polar surface area (TPSA) is 29.9 Å². The Morgan fingerprint density at radius 2 is 1.86 bits per heavy atom. The first-order chi connectivity index (χ1) is 10.0. The van der Waals surface area contributed by atoms with Crippen molar-refractivity contribution in [3.63, 3.8) is 0 Å². The van der Waals surface area contributed by atoms with Crippen molar-refractivity contribution in [2.75, 3.05) is 0 Å². The lowest BCUT2D eigenvalue weighted by Crippen LogP contribution is -2.25. The van der Waals surface area contributed by atoms with E-state index in [1.54, 1.807) is 0 Å². The summed E-state index contributed by atoms with van der Waals surface area (Å²) in [6.07, 6.45) is 3.19. The van der Waals surface area contributed by atoms with Crippen LogP contribution >= 0.6 is 0 Å². The van der Waals surface area contributed by atoms with Crippen LogP contribution in [0.1, 0.15) is 49.2 Å². The van der Waals surface area contributed by atoms with Crippen LogP contribution in [-0.4, -0.2) is 9.78 Å². The lowest BCUT2D eigenvalue weighted by Gasteiger charge is -2.23. The second kappa shape index (κ2) is 6.90. The van der Waals surface area contributed by atoms with Gasteiger partial charge < -0.3 is 5.32 Å². The van der Waals surface area contributed by atoms with Gasteiger partial charge in [0.05, 0.1) is 5.69 Å².